The standard InChI is InChI=1S/C14H21N3O2/c1-2-6-12-9-11(14(18)19)10-13(15-12)16-17-7-4-3-5-8-17/h9-10H,2-8H2,1H3,(H,15,16)(H,18,19). The molecule has 5 nitrogen and oxygen atoms in total. The highest BCUT2D eigenvalue weighted by molar-refractivity contribution is 5.88. The van der Waals surface area contributed by atoms with E-state index < -0.39 is 5.97 Å². The number of aryl methyl sites for hydroxylation is 1. The predicted molar refractivity (Wildman–Crippen MR) is 74.2 cm³/mol. The topological polar surface area (TPSA) is 65.5 Å². The summed E-state index contributed by atoms with van der Waals surface area (Å²) in [5, 5.41) is 11.3. The van der Waals surface area contributed by atoms with Crippen LogP contribution in [0.1, 0.15) is 48.7 Å². The lowest BCUT2D eigenvalue weighted by molar-refractivity contribution is 0.0696. The van der Waals surface area contributed by atoms with E-state index in [-0.39, 0.29) is 0 Å². The van der Waals surface area contributed by atoms with Crippen LogP contribution in [-0.2, 0) is 6.42 Å². The smallest absolute Gasteiger partial charge is 0.335 e. The second-order valence-electron chi connectivity index (χ2n) is 4.95. The minimum Gasteiger partial charge on any atom is -0.478 e. The fourth-order valence-corrected chi connectivity index (χ4v) is 2.32. The maximum absolute atomic E-state index is 11.1. The molecule has 19 heavy (non-hydrogen) atoms. The third-order valence-electron chi connectivity index (χ3n) is 3.26. The van der Waals surface area contributed by atoms with Crippen molar-refractivity contribution in [1.29, 1.82) is 0 Å². The Balaban J connectivity index is 2.15. The van der Waals surface area contributed by atoms with Crippen LogP contribution in [0.15, 0.2) is 12.1 Å². The first-order chi connectivity index (χ1) is 9.19. The summed E-state index contributed by atoms with van der Waals surface area (Å²) in [4.78, 5) is 15.6. The Labute approximate surface area is 113 Å². The van der Waals surface area contributed by atoms with Gasteiger partial charge in [-0.1, -0.05) is 19.8 Å². The molecule has 0 radical (unpaired) electrons. The lowest BCUT2D eigenvalue weighted by Gasteiger charge is -2.27. The number of aromatic carboxylic acids is 1. The van der Waals surface area contributed by atoms with Gasteiger partial charge in [0.25, 0.3) is 0 Å². The Bertz CT molecular complexity index is 442. The predicted octanol–water partition coefficient (Wildman–Crippen LogP) is 2.55. The van der Waals surface area contributed by atoms with Gasteiger partial charge in [0, 0.05) is 18.8 Å². The zero-order chi connectivity index (χ0) is 13.7. The van der Waals surface area contributed by atoms with Gasteiger partial charge < -0.3 is 10.5 Å². The van der Waals surface area contributed by atoms with Crippen molar-refractivity contribution in [3.63, 3.8) is 0 Å². The fourth-order valence-electron chi connectivity index (χ4n) is 2.32. The van der Waals surface area contributed by atoms with Crippen LogP contribution in [0, 0.1) is 0 Å². The molecule has 2 heterocycles. The average molecular weight is 263 g/mol. The summed E-state index contributed by atoms with van der Waals surface area (Å²) in [7, 11) is 0. The molecule has 1 aromatic heterocycles. The molecule has 104 valence electrons. The molecule has 0 bridgehead atoms. The number of piperidine rings is 1. The minimum atomic E-state index is -0.901. The molecule has 0 spiro atoms. The van der Waals surface area contributed by atoms with E-state index in [2.05, 4.69) is 22.3 Å². The summed E-state index contributed by atoms with van der Waals surface area (Å²) in [5.41, 5.74) is 4.37. The Morgan fingerprint density at radius 2 is 2.11 bits per heavy atom. The van der Waals surface area contributed by atoms with Gasteiger partial charge in [-0.3, -0.25) is 0 Å². The third-order valence-corrected chi connectivity index (χ3v) is 3.26. The van der Waals surface area contributed by atoms with Crippen LogP contribution >= 0.6 is 0 Å². The quantitative estimate of drug-likeness (QED) is 0.854. The highest BCUT2D eigenvalue weighted by Crippen LogP contribution is 2.15. The highest BCUT2D eigenvalue weighted by atomic mass is 16.4. The summed E-state index contributed by atoms with van der Waals surface area (Å²) >= 11 is 0. The largest absolute Gasteiger partial charge is 0.478 e. The maximum atomic E-state index is 11.1. The summed E-state index contributed by atoms with van der Waals surface area (Å²) in [6.07, 6.45) is 5.37. The summed E-state index contributed by atoms with van der Waals surface area (Å²) in [6.45, 7) is 4.04. The molecule has 0 unspecified atom stereocenters. The number of rotatable bonds is 5. The molecule has 1 aliphatic rings. The van der Waals surface area contributed by atoms with E-state index in [1.165, 1.54) is 19.3 Å². The first kappa shape index (κ1) is 13.8. The second kappa shape index (κ2) is 6.52. The monoisotopic (exact) mass is 263 g/mol. The lowest BCUT2D eigenvalue weighted by atomic mass is 10.1. The zero-order valence-electron chi connectivity index (χ0n) is 11.4. The lowest BCUT2D eigenvalue weighted by Crippen LogP contribution is -2.35. The Morgan fingerprint density at radius 1 is 1.37 bits per heavy atom. The van der Waals surface area contributed by atoms with E-state index in [1.54, 1.807) is 12.1 Å². The third kappa shape index (κ3) is 3.92. The van der Waals surface area contributed by atoms with Gasteiger partial charge in [0.15, 0.2) is 0 Å². The molecule has 0 amide bonds. The molecule has 0 aromatic carbocycles. The summed E-state index contributed by atoms with van der Waals surface area (Å²) in [6, 6.07) is 3.27. The van der Waals surface area contributed by atoms with Gasteiger partial charge in [0.2, 0.25) is 0 Å². The Kier molecular flexibility index (Phi) is 4.74. The second-order valence-corrected chi connectivity index (χ2v) is 4.95. The highest BCUT2D eigenvalue weighted by Gasteiger charge is 2.13. The molecular weight excluding hydrogens is 242 g/mol. The van der Waals surface area contributed by atoms with Crippen molar-refractivity contribution >= 4 is 11.8 Å². The first-order valence-electron chi connectivity index (χ1n) is 6.95. The maximum Gasteiger partial charge on any atom is 0.335 e. The van der Waals surface area contributed by atoms with Gasteiger partial charge >= 0.3 is 5.97 Å². The van der Waals surface area contributed by atoms with E-state index in [4.69, 9.17) is 5.11 Å². The van der Waals surface area contributed by atoms with Crippen LogP contribution in [0.25, 0.3) is 0 Å². The first-order valence-corrected chi connectivity index (χ1v) is 6.95. The summed E-state index contributed by atoms with van der Waals surface area (Å²) < 4.78 is 0. The van der Waals surface area contributed by atoms with Gasteiger partial charge in [-0.15, -0.1) is 0 Å². The van der Waals surface area contributed by atoms with E-state index in [0.717, 1.165) is 31.6 Å². The molecule has 1 saturated heterocycles. The van der Waals surface area contributed by atoms with Gasteiger partial charge in [-0.25, -0.2) is 14.8 Å². The normalized spacial score (nSPS) is 16.3. The van der Waals surface area contributed by atoms with Crippen molar-refractivity contribution in [2.75, 3.05) is 18.5 Å². The van der Waals surface area contributed by atoms with Crippen molar-refractivity contribution in [2.24, 2.45) is 0 Å². The van der Waals surface area contributed by atoms with E-state index in [0.29, 0.717) is 11.4 Å². The van der Waals surface area contributed by atoms with Crippen molar-refractivity contribution in [3.05, 3.63) is 23.4 Å². The number of carboxylic acids is 1. The van der Waals surface area contributed by atoms with Crippen LogP contribution < -0.4 is 5.43 Å². The van der Waals surface area contributed by atoms with Crippen LogP contribution in [0.3, 0.4) is 0 Å². The number of carboxylic acid groups (broad SMARTS) is 1. The number of nitrogens with zero attached hydrogens (tertiary/aromatic N) is 2. The van der Waals surface area contributed by atoms with E-state index in [1.807, 2.05) is 0 Å². The SMILES string of the molecule is CCCc1cc(C(=O)O)cc(NN2CCCCC2)n1. The number of hydrogen-bond donors (Lipinski definition) is 2. The number of hydrazine groups is 1. The average Bonchev–Trinajstić information content (AvgIpc) is 2.40. The van der Waals surface area contributed by atoms with Gasteiger partial charge in [-0.05, 0) is 31.4 Å². The van der Waals surface area contributed by atoms with Gasteiger partial charge in [0.05, 0.1) is 5.56 Å². The molecule has 2 N–H and O–H groups in total. The molecule has 1 aliphatic heterocycles. The van der Waals surface area contributed by atoms with Crippen molar-refractivity contribution < 1.29 is 9.90 Å². The Hall–Kier alpha value is -1.62. The van der Waals surface area contributed by atoms with Crippen LogP contribution in [0.4, 0.5) is 5.82 Å². The van der Waals surface area contributed by atoms with Gasteiger partial charge in [0.1, 0.15) is 5.82 Å². The molecule has 1 fully saturated rings. The summed E-state index contributed by atoms with van der Waals surface area (Å²) in [5.74, 6) is -0.258. The molecule has 5 heteroatoms. The number of pyridine rings is 1. The van der Waals surface area contributed by atoms with E-state index >= 15 is 0 Å². The molecular formula is C14H21N3O2. The minimum absolute atomic E-state index is 0.304. The van der Waals surface area contributed by atoms with Crippen molar-refractivity contribution in [3.8, 4) is 0 Å². The number of hydrogen-bond acceptors (Lipinski definition) is 4. The van der Waals surface area contributed by atoms with Crippen LogP contribution in [-0.4, -0.2) is 34.2 Å². The molecule has 0 aliphatic carbocycles. The molecule has 0 atom stereocenters. The molecule has 2 rings (SSSR count). The van der Waals surface area contributed by atoms with Crippen molar-refractivity contribution in [2.45, 2.75) is 39.0 Å². The van der Waals surface area contributed by atoms with Crippen molar-refractivity contribution in [1.82, 2.24) is 9.99 Å². The fraction of sp³-hybridized carbons (Fsp3) is 0.571. The number of carbonyl (C=O) groups is 1. The number of anilines is 1. The van der Waals surface area contributed by atoms with Crippen LogP contribution in [0.2, 0.25) is 0 Å². The number of nitrogens with one attached hydrogen (secondary N) is 1. The Morgan fingerprint density at radius 3 is 2.74 bits per heavy atom. The van der Waals surface area contributed by atoms with Crippen LogP contribution in [0.5, 0.6) is 0 Å². The van der Waals surface area contributed by atoms with E-state index in [9.17, 15) is 4.79 Å². The molecule has 1 aromatic rings. The number of aromatic nitrogens is 1. The molecule has 0 saturated carbocycles. The zero-order valence-corrected chi connectivity index (χ0v) is 11.4. The van der Waals surface area contributed by atoms with Gasteiger partial charge in [-0.2, -0.15) is 0 Å².